The molecule has 31 heavy (non-hydrogen) atoms. The van der Waals surface area contributed by atoms with Crippen LogP contribution in [0.1, 0.15) is 42.5 Å². The Balaban J connectivity index is 2.15. The van der Waals surface area contributed by atoms with Gasteiger partial charge in [-0.25, -0.2) is 4.98 Å². The molecule has 0 radical (unpaired) electrons. The van der Waals surface area contributed by atoms with Crippen LogP contribution in [-0.2, 0) is 11.3 Å². The number of aromatic nitrogens is 2. The topological polar surface area (TPSA) is 64.4 Å². The van der Waals surface area contributed by atoms with Crippen molar-refractivity contribution in [2.75, 3.05) is 20.3 Å². The van der Waals surface area contributed by atoms with Gasteiger partial charge in [0.1, 0.15) is 5.82 Å². The largest absolute Gasteiger partial charge is 0.383 e. The van der Waals surface area contributed by atoms with Crippen LogP contribution in [-0.4, -0.2) is 40.6 Å². The number of benzene rings is 2. The summed E-state index contributed by atoms with van der Waals surface area (Å²) in [5.41, 5.74) is 0.873. The molecule has 0 saturated heterocycles. The molecule has 0 N–H and O–H groups in total. The molecule has 1 heterocycles. The molecule has 0 aliphatic carbocycles. The minimum absolute atomic E-state index is 0.150. The number of amides is 1. The fraction of sp³-hybridized carbons (Fsp3) is 0.348. The van der Waals surface area contributed by atoms with Crippen molar-refractivity contribution in [1.82, 2.24) is 14.5 Å². The molecular formula is C23H25Cl2N3O3. The minimum atomic E-state index is -0.422. The Hall–Kier alpha value is -2.41. The highest BCUT2D eigenvalue weighted by atomic mass is 35.5. The lowest BCUT2D eigenvalue weighted by atomic mass is 10.1. The number of halogens is 2. The van der Waals surface area contributed by atoms with Crippen LogP contribution in [0.2, 0.25) is 10.0 Å². The van der Waals surface area contributed by atoms with E-state index in [1.165, 1.54) is 0 Å². The molecule has 1 unspecified atom stereocenters. The van der Waals surface area contributed by atoms with Gasteiger partial charge in [0, 0.05) is 35.8 Å². The molecule has 2 aromatic carbocycles. The van der Waals surface area contributed by atoms with Gasteiger partial charge in [-0.3, -0.25) is 14.2 Å². The number of fused-ring (bicyclic) bond motifs is 1. The summed E-state index contributed by atoms with van der Waals surface area (Å²) in [7, 11) is 1.59. The van der Waals surface area contributed by atoms with Gasteiger partial charge in [-0.2, -0.15) is 0 Å². The zero-order valence-electron chi connectivity index (χ0n) is 17.8. The standard InChI is InChI=1S/C23H25Cl2N3O3/c1-4-20(28(12-13-31-3)22(29)15-6-8-16(24)9-7-15)21-26-19-14-17(25)10-11-18(19)23(30)27(21)5-2/h6-11,14,20H,4-5,12-13H2,1-3H3. The van der Waals surface area contributed by atoms with Crippen LogP contribution in [0.3, 0.4) is 0 Å². The summed E-state index contributed by atoms with van der Waals surface area (Å²) < 4.78 is 6.88. The van der Waals surface area contributed by atoms with E-state index in [4.69, 9.17) is 32.9 Å². The maximum atomic E-state index is 13.4. The van der Waals surface area contributed by atoms with E-state index < -0.39 is 6.04 Å². The van der Waals surface area contributed by atoms with Crippen molar-refractivity contribution in [3.8, 4) is 0 Å². The third-order valence-electron chi connectivity index (χ3n) is 5.21. The Morgan fingerprint density at radius 1 is 1.13 bits per heavy atom. The molecule has 1 aromatic heterocycles. The summed E-state index contributed by atoms with van der Waals surface area (Å²) in [6, 6.07) is 11.4. The first kappa shape index (κ1) is 23.3. The second-order valence-corrected chi connectivity index (χ2v) is 7.98. The van der Waals surface area contributed by atoms with E-state index in [1.54, 1.807) is 59.0 Å². The molecule has 0 spiro atoms. The van der Waals surface area contributed by atoms with E-state index in [0.29, 0.717) is 58.5 Å². The Labute approximate surface area is 191 Å². The smallest absolute Gasteiger partial charge is 0.261 e. The van der Waals surface area contributed by atoms with Gasteiger partial charge in [-0.05, 0) is 55.8 Å². The molecule has 1 atom stereocenters. The van der Waals surface area contributed by atoms with Crippen molar-refractivity contribution < 1.29 is 9.53 Å². The van der Waals surface area contributed by atoms with E-state index in [1.807, 2.05) is 13.8 Å². The predicted octanol–water partition coefficient (Wildman–Crippen LogP) is 4.96. The maximum Gasteiger partial charge on any atom is 0.261 e. The highest BCUT2D eigenvalue weighted by Gasteiger charge is 2.29. The van der Waals surface area contributed by atoms with Gasteiger partial charge in [-0.1, -0.05) is 30.1 Å². The number of methoxy groups -OCH3 is 1. The number of nitrogens with zero attached hydrogens (tertiary/aromatic N) is 3. The first-order valence-corrected chi connectivity index (χ1v) is 10.9. The van der Waals surface area contributed by atoms with Gasteiger partial charge in [0.2, 0.25) is 0 Å². The second kappa shape index (κ2) is 10.3. The molecule has 0 aliphatic rings. The van der Waals surface area contributed by atoms with E-state index in [0.717, 1.165) is 0 Å². The minimum Gasteiger partial charge on any atom is -0.383 e. The van der Waals surface area contributed by atoms with Crippen LogP contribution in [0.25, 0.3) is 10.9 Å². The fourth-order valence-corrected chi connectivity index (χ4v) is 3.95. The fourth-order valence-electron chi connectivity index (χ4n) is 3.66. The van der Waals surface area contributed by atoms with Crippen molar-refractivity contribution in [2.45, 2.75) is 32.9 Å². The number of carbonyl (C=O) groups excluding carboxylic acids is 1. The molecule has 1 amide bonds. The molecule has 0 saturated carbocycles. The van der Waals surface area contributed by atoms with Crippen LogP contribution >= 0.6 is 23.2 Å². The highest BCUT2D eigenvalue weighted by molar-refractivity contribution is 6.31. The number of hydrogen-bond donors (Lipinski definition) is 0. The number of carbonyl (C=O) groups is 1. The lowest BCUT2D eigenvalue weighted by molar-refractivity contribution is 0.0576. The monoisotopic (exact) mass is 461 g/mol. The quantitative estimate of drug-likeness (QED) is 0.475. The van der Waals surface area contributed by atoms with Gasteiger partial charge >= 0.3 is 0 Å². The van der Waals surface area contributed by atoms with Crippen molar-refractivity contribution in [3.63, 3.8) is 0 Å². The third-order valence-corrected chi connectivity index (χ3v) is 5.70. The molecule has 6 nitrogen and oxygen atoms in total. The average Bonchev–Trinajstić information content (AvgIpc) is 2.76. The zero-order chi connectivity index (χ0) is 22.5. The SMILES string of the molecule is CCC(c1nc2cc(Cl)ccc2c(=O)n1CC)N(CCOC)C(=O)c1ccc(Cl)cc1. The first-order chi connectivity index (χ1) is 14.9. The molecule has 164 valence electrons. The second-order valence-electron chi connectivity index (χ2n) is 7.10. The number of ether oxygens (including phenoxy) is 1. The molecule has 0 aliphatic heterocycles. The van der Waals surface area contributed by atoms with Crippen LogP contribution < -0.4 is 5.56 Å². The Kier molecular flexibility index (Phi) is 7.70. The predicted molar refractivity (Wildman–Crippen MR) is 124 cm³/mol. The lowest BCUT2D eigenvalue weighted by Crippen LogP contribution is -2.40. The molecule has 0 fully saturated rings. The van der Waals surface area contributed by atoms with Crippen molar-refractivity contribution in [2.24, 2.45) is 0 Å². The van der Waals surface area contributed by atoms with Gasteiger partial charge in [0.05, 0.1) is 23.6 Å². The summed E-state index contributed by atoms with van der Waals surface area (Å²) in [5, 5.41) is 1.55. The Bertz CT molecular complexity index is 1130. The lowest BCUT2D eigenvalue weighted by Gasteiger charge is -2.32. The van der Waals surface area contributed by atoms with Crippen molar-refractivity contribution in [3.05, 3.63) is 74.3 Å². The van der Waals surface area contributed by atoms with E-state index in [9.17, 15) is 9.59 Å². The summed E-state index contributed by atoms with van der Waals surface area (Å²) in [6.07, 6.45) is 0.571. The van der Waals surface area contributed by atoms with Crippen molar-refractivity contribution >= 4 is 40.0 Å². The molecule has 3 rings (SSSR count). The third kappa shape index (κ3) is 4.92. The van der Waals surface area contributed by atoms with Gasteiger partial charge in [0.15, 0.2) is 0 Å². The molecule has 3 aromatic rings. The molecule has 0 bridgehead atoms. The first-order valence-electron chi connectivity index (χ1n) is 10.2. The normalized spacial score (nSPS) is 12.2. The van der Waals surface area contributed by atoms with Gasteiger partial charge < -0.3 is 9.64 Å². The van der Waals surface area contributed by atoms with E-state index in [2.05, 4.69) is 0 Å². The van der Waals surface area contributed by atoms with E-state index >= 15 is 0 Å². The van der Waals surface area contributed by atoms with Crippen molar-refractivity contribution in [1.29, 1.82) is 0 Å². The summed E-state index contributed by atoms with van der Waals surface area (Å²) in [6.45, 7) is 4.99. The Morgan fingerprint density at radius 3 is 2.42 bits per heavy atom. The van der Waals surface area contributed by atoms with Gasteiger partial charge in [-0.15, -0.1) is 0 Å². The molecule has 8 heteroatoms. The van der Waals surface area contributed by atoms with Crippen LogP contribution in [0, 0.1) is 0 Å². The Morgan fingerprint density at radius 2 is 1.81 bits per heavy atom. The van der Waals surface area contributed by atoms with E-state index in [-0.39, 0.29) is 11.5 Å². The highest BCUT2D eigenvalue weighted by Crippen LogP contribution is 2.26. The summed E-state index contributed by atoms with van der Waals surface area (Å²) >= 11 is 12.1. The zero-order valence-corrected chi connectivity index (χ0v) is 19.3. The van der Waals surface area contributed by atoms with Gasteiger partial charge in [0.25, 0.3) is 11.5 Å². The van der Waals surface area contributed by atoms with Crippen LogP contribution in [0.4, 0.5) is 0 Å². The number of rotatable bonds is 8. The summed E-state index contributed by atoms with van der Waals surface area (Å²) in [5.74, 6) is 0.354. The average molecular weight is 462 g/mol. The van der Waals surface area contributed by atoms with Crippen LogP contribution in [0.5, 0.6) is 0 Å². The number of hydrogen-bond acceptors (Lipinski definition) is 4. The van der Waals surface area contributed by atoms with Crippen LogP contribution in [0.15, 0.2) is 47.3 Å². The maximum absolute atomic E-state index is 13.4. The summed E-state index contributed by atoms with van der Waals surface area (Å²) in [4.78, 5) is 33.1. The molecular weight excluding hydrogens is 437 g/mol.